The maximum absolute atomic E-state index is 11.8. The lowest BCUT2D eigenvalue weighted by atomic mass is 10.0. The maximum atomic E-state index is 11.8. The van der Waals surface area contributed by atoms with Crippen molar-refractivity contribution in [2.75, 3.05) is 6.54 Å². The summed E-state index contributed by atoms with van der Waals surface area (Å²) in [5.41, 5.74) is 10.7. The zero-order chi connectivity index (χ0) is 13.7. The van der Waals surface area contributed by atoms with E-state index in [2.05, 4.69) is 15.6 Å². The number of hydrogen-bond acceptors (Lipinski definition) is 5. The van der Waals surface area contributed by atoms with Gasteiger partial charge in [0, 0.05) is 6.54 Å². The van der Waals surface area contributed by atoms with Crippen molar-refractivity contribution in [3.63, 3.8) is 0 Å². The van der Waals surface area contributed by atoms with Crippen molar-refractivity contribution in [3.8, 4) is 0 Å². The number of hydrogen-bond donors (Lipinski definition) is 3. The molecule has 5 N–H and O–H groups in total. The molecule has 0 spiro atoms. The first-order valence-corrected chi connectivity index (χ1v) is 5.66. The Hall–Kier alpha value is -1.96. The minimum atomic E-state index is -0.725. The first-order chi connectivity index (χ1) is 8.45. The van der Waals surface area contributed by atoms with Crippen LogP contribution in [0, 0.1) is 5.92 Å². The Morgan fingerprint density at radius 1 is 1.50 bits per heavy atom. The summed E-state index contributed by atoms with van der Waals surface area (Å²) in [4.78, 5) is 23.0. The van der Waals surface area contributed by atoms with Crippen LogP contribution in [0.3, 0.4) is 0 Å². The van der Waals surface area contributed by atoms with E-state index in [0.717, 1.165) is 0 Å². The third kappa shape index (κ3) is 3.52. The number of nitrogens with one attached hydrogen (secondary N) is 1. The summed E-state index contributed by atoms with van der Waals surface area (Å²) in [6, 6.07) is -0.725. The molecule has 1 atom stereocenters. The molecule has 0 aliphatic rings. The monoisotopic (exact) mass is 254 g/mol. The number of carbonyl (C=O) groups excluding carboxylic acids is 2. The van der Waals surface area contributed by atoms with Gasteiger partial charge in [0.05, 0.1) is 12.7 Å². The zero-order valence-electron chi connectivity index (χ0n) is 10.5. The smallest absolute Gasteiger partial charge is 0.274 e. The molecule has 0 saturated heterocycles. The molecule has 8 heteroatoms. The van der Waals surface area contributed by atoms with Crippen LogP contribution in [0.15, 0.2) is 6.20 Å². The lowest BCUT2D eigenvalue weighted by molar-refractivity contribution is -0.120. The summed E-state index contributed by atoms with van der Waals surface area (Å²) < 4.78 is 1.46. The molecule has 1 aromatic heterocycles. The number of aromatic nitrogens is 3. The summed E-state index contributed by atoms with van der Waals surface area (Å²) in [7, 11) is 0. The van der Waals surface area contributed by atoms with E-state index in [1.807, 2.05) is 0 Å². The predicted octanol–water partition coefficient (Wildman–Crippen LogP) is -1.52. The molecule has 0 fully saturated rings. The van der Waals surface area contributed by atoms with E-state index in [0.29, 0.717) is 13.1 Å². The molecule has 8 nitrogen and oxygen atoms in total. The molecule has 1 aromatic rings. The van der Waals surface area contributed by atoms with Crippen LogP contribution in [0.4, 0.5) is 0 Å². The van der Waals surface area contributed by atoms with Gasteiger partial charge in [-0.25, -0.2) is 0 Å². The predicted molar refractivity (Wildman–Crippen MR) is 64.4 cm³/mol. The molecule has 1 unspecified atom stereocenters. The van der Waals surface area contributed by atoms with Gasteiger partial charge in [-0.1, -0.05) is 19.1 Å². The van der Waals surface area contributed by atoms with Gasteiger partial charge >= 0.3 is 0 Å². The Kier molecular flexibility index (Phi) is 4.78. The Labute approximate surface area is 105 Å². The Balaban J connectivity index is 2.71. The van der Waals surface area contributed by atoms with Crippen LogP contribution >= 0.6 is 0 Å². The highest BCUT2D eigenvalue weighted by atomic mass is 16.2. The lowest BCUT2D eigenvalue weighted by Gasteiger charge is -2.17. The molecule has 0 bridgehead atoms. The fourth-order valence-corrected chi connectivity index (χ4v) is 1.43. The van der Waals surface area contributed by atoms with Crippen molar-refractivity contribution in [3.05, 3.63) is 11.9 Å². The third-order valence-corrected chi connectivity index (χ3v) is 2.39. The third-order valence-electron chi connectivity index (χ3n) is 2.39. The van der Waals surface area contributed by atoms with Crippen LogP contribution in [-0.4, -0.2) is 39.4 Å². The molecule has 1 heterocycles. The fourth-order valence-electron chi connectivity index (χ4n) is 1.43. The molecule has 100 valence electrons. The zero-order valence-corrected chi connectivity index (χ0v) is 10.5. The fraction of sp³-hybridized carbons (Fsp3) is 0.600. The summed E-state index contributed by atoms with van der Waals surface area (Å²) in [5, 5.41) is 9.96. The molecule has 0 aliphatic heterocycles. The van der Waals surface area contributed by atoms with Gasteiger partial charge in [0.2, 0.25) is 5.91 Å². The number of primary amides is 1. The molecule has 1 rings (SSSR count). The highest BCUT2D eigenvalue weighted by molar-refractivity contribution is 5.95. The van der Waals surface area contributed by atoms with E-state index >= 15 is 0 Å². The molecular weight excluding hydrogens is 236 g/mol. The largest absolute Gasteiger partial charge is 0.368 e. The van der Waals surface area contributed by atoms with E-state index in [1.54, 1.807) is 13.8 Å². The number of nitrogens with zero attached hydrogens (tertiary/aromatic N) is 3. The molecule has 0 aromatic carbocycles. The van der Waals surface area contributed by atoms with Crippen LogP contribution in [-0.2, 0) is 11.3 Å². The van der Waals surface area contributed by atoms with E-state index in [4.69, 9.17) is 11.5 Å². The van der Waals surface area contributed by atoms with Crippen LogP contribution in [0.1, 0.15) is 24.3 Å². The van der Waals surface area contributed by atoms with Gasteiger partial charge in [0.15, 0.2) is 5.69 Å². The van der Waals surface area contributed by atoms with Crippen molar-refractivity contribution >= 4 is 11.8 Å². The average molecular weight is 254 g/mol. The second-order valence-electron chi connectivity index (χ2n) is 4.25. The van der Waals surface area contributed by atoms with Crippen LogP contribution in [0.2, 0.25) is 0 Å². The summed E-state index contributed by atoms with van der Waals surface area (Å²) in [6.07, 6.45) is 1.47. The summed E-state index contributed by atoms with van der Waals surface area (Å²) in [5.74, 6) is -1.14. The van der Waals surface area contributed by atoms with Crippen LogP contribution in [0.5, 0.6) is 0 Å². The normalized spacial score (nSPS) is 12.4. The van der Waals surface area contributed by atoms with E-state index < -0.39 is 17.9 Å². The molecule has 18 heavy (non-hydrogen) atoms. The lowest BCUT2D eigenvalue weighted by Crippen LogP contribution is -2.47. The highest BCUT2D eigenvalue weighted by Gasteiger charge is 2.23. The Morgan fingerprint density at radius 3 is 2.67 bits per heavy atom. The number of rotatable bonds is 6. The maximum Gasteiger partial charge on any atom is 0.274 e. The number of carbonyl (C=O) groups is 2. The van der Waals surface area contributed by atoms with Gasteiger partial charge in [0.25, 0.3) is 5.91 Å². The summed E-state index contributed by atoms with van der Waals surface area (Å²) >= 11 is 0. The average Bonchev–Trinajstić information content (AvgIpc) is 2.73. The van der Waals surface area contributed by atoms with E-state index in [-0.39, 0.29) is 11.6 Å². The second-order valence-corrected chi connectivity index (χ2v) is 4.25. The highest BCUT2D eigenvalue weighted by Crippen LogP contribution is 2.02. The van der Waals surface area contributed by atoms with Gasteiger partial charge in [0.1, 0.15) is 6.04 Å². The topological polar surface area (TPSA) is 129 Å². The van der Waals surface area contributed by atoms with Gasteiger partial charge < -0.3 is 16.8 Å². The Morgan fingerprint density at radius 2 is 2.17 bits per heavy atom. The standard InChI is InChI=1S/C10H18N6O2/c1-6(2)8(9(12)17)13-10(18)7-5-16(4-3-11)15-14-7/h5-6,8H,3-4,11H2,1-2H3,(H2,12,17)(H,13,18). The Bertz CT molecular complexity index is 428. The molecule has 0 radical (unpaired) electrons. The number of nitrogens with two attached hydrogens (primary N) is 2. The van der Waals surface area contributed by atoms with Crippen molar-refractivity contribution in [1.82, 2.24) is 20.3 Å². The van der Waals surface area contributed by atoms with Crippen LogP contribution < -0.4 is 16.8 Å². The van der Waals surface area contributed by atoms with Gasteiger partial charge in [-0.3, -0.25) is 14.3 Å². The molecule has 0 aliphatic carbocycles. The molecule has 0 saturated carbocycles. The molecule has 2 amide bonds. The number of amides is 2. The van der Waals surface area contributed by atoms with Crippen molar-refractivity contribution in [2.24, 2.45) is 17.4 Å². The van der Waals surface area contributed by atoms with Crippen molar-refractivity contribution in [2.45, 2.75) is 26.4 Å². The summed E-state index contributed by atoms with van der Waals surface area (Å²) in [6.45, 7) is 4.46. The van der Waals surface area contributed by atoms with Crippen LogP contribution in [0.25, 0.3) is 0 Å². The quantitative estimate of drug-likeness (QED) is 0.567. The first kappa shape index (κ1) is 14.1. The van der Waals surface area contributed by atoms with Gasteiger partial charge in [-0.2, -0.15) is 0 Å². The van der Waals surface area contributed by atoms with Crippen molar-refractivity contribution < 1.29 is 9.59 Å². The SMILES string of the molecule is CC(C)C(NC(=O)c1cn(CCN)nn1)C(N)=O. The van der Waals surface area contributed by atoms with E-state index in [1.165, 1.54) is 10.9 Å². The van der Waals surface area contributed by atoms with Gasteiger partial charge in [-0.05, 0) is 5.92 Å². The van der Waals surface area contributed by atoms with Gasteiger partial charge in [-0.15, -0.1) is 5.10 Å². The minimum absolute atomic E-state index is 0.0921. The molecular formula is C10H18N6O2. The van der Waals surface area contributed by atoms with E-state index in [9.17, 15) is 9.59 Å². The second kappa shape index (κ2) is 6.10. The first-order valence-electron chi connectivity index (χ1n) is 5.66. The minimum Gasteiger partial charge on any atom is -0.368 e. The van der Waals surface area contributed by atoms with Crippen molar-refractivity contribution in [1.29, 1.82) is 0 Å².